The lowest BCUT2D eigenvalue weighted by Crippen LogP contribution is -2.32. The number of benzene rings is 2. The Hall–Kier alpha value is -2.49. The molecule has 0 saturated carbocycles. The standard InChI is InChI=1S/C21H27NO3/c1-6-19(25-20-12-7-9-15(4)16(20)5)21(23)22-17-10-8-11-18(13-17)24-14(2)3/h7-14,19H,6H2,1-5H3,(H,22,23)/t19-/m1/s1. The van der Waals surface area contributed by atoms with Crippen molar-refractivity contribution in [2.75, 3.05) is 5.32 Å². The maximum absolute atomic E-state index is 12.6. The van der Waals surface area contributed by atoms with Gasteiger partial charge in [0, 0.05) is 11.8 Å². The zero-order valence-electron chi connectivity index (χ0n) is 15.6. The quantitative estimate of drug-likeness (QED) is 0.780. The van der Waals surface area contributed by atoms with Gasteiger partial charge in [-0.2, -0.15) is 0 Å². The highest BCUT2D eigenvalue weighted by Crippen LogP contribution is 2.23. The fraction of sp³-hybridized carbons (Fsp3) is 0.381. The molecule has 0 aromatic heterocycles. The summed E-state index contributed by atoms with van der Waals surface area (Å²) in [6, 6.07) is 13.3. The van der Waals surface area contributed by atoms with Crippen LogP contribution in [0.3, 0.4) is 0 Å². The molecular formula is C21H27NO3. The van der Waals surface area contributed by atoms with Crippen LogP contribution >= 0.6 is 0 Å². The second-order valence-corrected chi connectivity index (χ2v) is 6.40. The second-order valence-electron chi connectivity index (χ2n) is 6.40. The highest BCUT2D eigenvalue weighted by atomic mass is 16.5. The van der Waals surface area contributed by atoms with E-state index >= 15 is 0 Å². The molecule has 0 bridgehead atoms. The molecule has 1 atom stereocenters. The number of nitrogens with one attached hydrogen (secondary N) is 1. The molecule has 0 radical (unpaired) electrons. The van der Waals surface area contributed by atoms with Crippen molar-refractivity contribution in [1.82, 2.24) is 0 Å². The number of carbonyl (C=O) groups excluding carboxylic acids is 1. The highest BCUT2D eigenvalue weighted by Gasteiger charge is 2.19. The number of hydrogen-bond acceptors (Lipinski definition) is 3. The van der Waals surface area contributed by atoms with E-state index in [2.05, 4.69) is 5.32 Å². The second kappa shape index (κ2) is 8.56. The largest absolute Gasteiger partial charge is 0.491 e. The van der Waals surface area contributed by atoms with Gasteiger partial charge in [0.25, 0.3) is 5.91 Å². The van der Waals surface area contributed by atoms with E-state index in [9.17, 15) is 4.79 Å². The summed E-state index contributed by atoms with van der Waals surface area (Å²) in [5.74, 6) is 1.32. The average Bonchev–Trinajstić information content (AvgIpc) is 2.55. The molecule has 2 aromatic rings. The van der Waals surface area contributed by atoms with Gasteiger partial charge in [-0.25, -0.2) is 0 Å². The summed E-state index contributed by atoms with van der Waals surface area (Å²) in [5.41, 5.74) is 2.90. The summed E-state index contributed by atoms with van der Waals surface area (Å²) in [7, 11) is 0. The van der Waals surface area contributed by atoms with Gasteiger partial charge < -0.3 is 14.8 Å². The molecule has 0 spiro atoms. The van der Waals surface area contributed by atoms with Crippen LogP contribution in [-0.4, -0.2) is 18.1 Å². The van der Waals surface area contributed by atoms with Crippen molar-refractivity contribution in [3.05, 3.63) is 53.6 Å². The number of ether oxygens (including phenoxy) is 2. The molecule has 0 aliphatic heterocycles. The Morgan fingerprint density at radius 2 is 1.80 bits per heavy atom. The van der Waals surface area contributed by atoms with Crippen molar-refractivity contribution in [2.24, 2.45) is 0 Å². The Morgan fingerprint density at radius 1 is 1.08 bits per heavy atom. The summed E-state index contributed by atoms with van der Waals surface area (Å²) < 4.78 is 11.6. The van der Waals surface area contributed by atoms with Crippen LogP contribution in [0.2, 0.25) is 0 Å². The van der Waals surface area contributed by atoms with Gasteiger partial charge in [0.05, 0.1) is 6.10 Å². The maximum Gasteiger partial charge on any atom is 0.265 e. The Morgan fingerprint density at radius 3 is 2.48 bits per heavy atom. The van der Waals surface area contributed by atoms with E-state index in [1.165, 1.54) is 0 Å². The Labute approximate surface area is 150 Å². The lowest BCUT2D eigenvalue weighted by molar-refractivity contribution is -0.122. The van der Waals surface area contributed by atoms with Crippen LogP contribution in [0, 0.1) is 13.8 Å². The van der Waals surface area contributed by atoms with Gasteiger partial charge in [-0.05, 0) is 63.4 Å². The Balaban J connectivity index is 2.08. The molecule has 25 heavy (non-hydrogen) atoms. The molecule has 134 valence electrons. The third kappa shape index (κ3) is 5.24. The summed E-state index contributed by atoms with van der Waals surface area (Å²) in [6.45, 7) is 9.91. The zero-order chi connectivity index (χ0) is 18.4. The van der Waals surface area contributed by atoms with E-state index in [0.29, 0.717) is 12.1 Å². The molecule has 4 nitrogen and oxygen atoms in total. The molecule has 0 saturated heterocycles. The Kier molecular flexibility index (Phi) is 6.45. The number of anilines is 1. The minimum absolute atomic E-state index is 0.0852. The van der Waals surface area contributed by atoms with Crippen molar-refractivity contribution < 1.29 is 14.3 Å². The van der Waals surface area contributed by atoms with Crippen LogP contribution in [0.1, 0.15) is 38.3 Å². The fourth-order valence-corrected chi connectivity index (χ4v) is 2.47. The average molecular weight is 341 g/mol. The van der Waals surface area contributed by atoms with Crippen LogP contribution in [0.25, 0.3) is 0 Å². The van der Waals surface area contributed by atoms with E-state index < -0.39 is 6.10 Å². The number of amides is 1. The smallest absolute Gasteiger partial charge is 0.265 e. The maximum atomic E-state index is 12.6. The van der Waals surface area contributed by atoms with Crippen LogP contribution in [0.5, 0.6) is 11.5 Å². The number of hydrogen-bond donors (Lipinski definition) is 1. The van der Waals surface area contributed by atoms with Crippen LogP contribution in [0.4, 0.5) is 5.69 Å². The molecule has 1 N–H and O–H groups in total. The fourth-order valence-electron chi connectivity index (χ4n) is 2.47. The number of rotatable bonds is 7. The summed E-state index contributed by atoms with van der Waals surface area (Å²) in [6.07, 6.45) is 0.124. The van der Waals surface area contributed by atoms with Crippen molar-refractivity contribution >= 4 is 11.6 Å². The molecule has 2 aromatic carbocycles. The van der Waals surface area contributed by atoms with Crippen LogP contribution < -0.4 is 14.8 Å². The van der Waals surface area contributed by atoms with Gasteiger partial charge in [0.1, 0.15) is 11.5 Å². The summed E-state index contributed by atoms with van der Waals surface area (Å²) >= 11 is 0. The van der Waals surface area contributed by atoms with Gasteiger partial charge in [0.2, 0.25) is 0 Å². The monoisotopic (exact) mass is 341 g/mol. The topological polar surface area (TPSA) is 47.6 Å². The lowest BCUT2D eigenvalue weighted by atomic mass is 10.1. The molecule has 0 unspecified atom stereocenters. The van der Waals surface area contributed by atoms with Crippen molar-refractivity contribution in [3.63, 3.8) is 0 Å². The molecular weight excluding hydrogens is 314 g/mol. The molecule has 0 heterocycles. The lowest BCUT2D eigenvalue weighted by Gasteiger charge is -2.19. The predicted octanol–water partition coefficient (Wildman–Crippen LogP) is 4.89. The van der Waals surface area contributed by atoms with Gasteiger partial charge in [-0.1, -0.05) is 25.1 Å². The van der Waals surface area contributed by atoms with Crippen LogP contribution in [0.15, 0.2) is 42.5 Å². The summed E-state index contributed by atoms with van der Waals surface area (Å²) in [5, 5.41) is 2.92. The molecule has 0 aliphatic carbocycles. The van der Waals surface area contributed by atoms with Crippen molar-refractivity contribution in [3.8, 4) is 11.5 Å². The van der Waals surface area contributed by atoms with Crippen molar-refractivity contribution in [2.45, 2.75) is 53.2 Å². The SMILES string of the molecule is CC[C@@H](Oc1cccc(C)c1C)C(=O)Nc1cccc(OC(C)C)c1. The minimum atomic E-state index is -0.546. The first-order valence-corrected chi connectivity index (χ1v) is 8.71. The van der Waals surface area contributed by atoms with E-state index in [1.54, 1.807) is 0 Å². The van der Waals surface area contributed by atoms with E-state index in [1.807, 2.05) is 77.1 Å². The van der Waals surface area contributed by atoms with Gasteiger partial charge >= 0.3 is 0 Å². The van der Waals surface area contributed by atoms with Crippen LogP contribution in [-0.2, 0) is 4.79 Å². The predicted molar refractivity (Wildman–Crippen MR) is 101 cm³/mol. The first-order valence-electron chi connectivity index (χ1n) is 8.71. The van der Waals surface area contributed by atoms with E-state index in [0.717, 1.165) is 22.6 Å². The van der Waals surface area contributed by atoms with E-state index in [-0.39, 0.29) is 12.0 Å². The normalized spacial score (nSPS) is 11.9. The van der Waals surface area contributed by atoms with Gasteiger partial charge in [0.15, 0.2) is 6.10 Å². The number of carbonyl (C=O) groups is 1. The van der Waals surface area contributed by atoms with Gasteiger partial charge in [-0.15, -0.1) is 0 Å². The number of aryl methyl sites for hydroxylation is 1. The first kappa shape index (κ1) is 18.8. The third-order valence-electron chi connectivity index (χ3n) is 3.96. The molecule has 0 fully saturated rings. The first-order chi connectivity index (χ1) is 11.9. The molecule has 4 heteroatoms. The Bertz CT molecular complexity index is 725. The summed E-state index contributed by atoms with van der Waals surface area (Å²) in [4.78, 5) is 12.6. The van der Waals surface area contributed by atoms with Crippen molar-refractivity contribution in [1.29, 1.82) is 0 Å². The minimum Gasteiger partial charge on any atom is -0.491 e. The molecule has 1 amide bonds. The molecule has 0 aliphatic rings. The van der Waals surface area contributed by atoms with E-state index in [4.69, 9.17) is 9.47 Å². The third-order valence-corrected chi connectivity index (χ3v) is 3.96. The highest BCUT2D eigenvalue weighted by molar-refractivity contribution is 5.94. The molecule has 2 rings (SSSR count). The van der Waals surface area contributed by atoms with Gasteiger partial charge in [-0.3, -0.25) is 4.79 Å². The zero-order valence-corrected chi connectivity index (χ0v) is 15.6.